The van der Waals surface area contributed by atoms with E-state index in [1.807, 2.05) is 23.5 Å². The highest BCUT2D eigenvalue weighted by molar-refractivity contribution is 8.03. The number of thioether (sulfide) groups is 2. The first kappa shape index (κ1) is 13.1. The van der Waals surface area contributed by atoms with Gasteiger partial charge in [0.2, 0.25) is 0 Å². The van der Waals surface area contributed by atoms with Crippen LogP contribution in [0.25, 0.3) is 0 Å². The molecule has 0 spiro atoms. The maximum absolute atomic E-state index is 2.37. The summed E-state index contributed by atoms with van der Waals surface area (Å²) in [5.41, 5.74) is 0. The number of allylic oxidation sites excluding steroid dienone is 4. The minimum Gasteiger partial charge on any atom is -0.126 e. The Labute approximate surface area is 113 Å². The molecule has 2 aliphatic heterocycles. The molecule has 0 bridgehead atoms. The summed E-state index contributed by atoms with van der Waals surface area (Å²) in [6.45, 7) is 4.65. The van der Waals surface area contributed by atoms with Crippen LogP contribution < -0.4 is 0 Å². The highest BCUT2D eigenvalue weighted by atomic mass is 32.2. The molecule has 0 aromatic rings. The molecule has 0 aliphatic carbocycles. The molecule has 17 heavy (non-hydrogen) atoms. The van der Waals surface area contributed by atoms with E-state index >= 15 is 0 Å². The Kier molecular flexibility index (Phi) is 5.05. The molecular formula is C15H20S2. The molecular weight excluding hydrogens is 244 g/mol. The van der Waals surface area contributed by atoms with Gasteiger partial charge in [-0.25, -0.2) is 0 Å². The Morgan fingerprint density at radius 1 is 0.882 bits per heavy atom. The van der Waals surface area contributed by atoms with Gasteiger partial charge in [0.25, 0.3) is 0 Å². The van der Waals surface area contributed by atoms with Gasteiger partial charge < -0.3 is 0 Å². The van der Waals surface area contributed by atoms with Gasteiger partial charge in [-0.15, -0.1) is 23.5 Å². The molecule has 92 valence electrons. The smallest absolute Gasteiger partial charge is 0.0313 e. The summed E-state index contributed by atoms with van der Waals surface area (Å²) in [5, 5.41) is 5.72. The third-order valence-corrected chi connectivity index (χ3v) is 5.31. The van der Waals surface area contributed by atoms with Crippen molar-refractivity contribution in [2.75, 3.05) is 0 Å². The summed E-state index contributed by atoms with van der Waals surface area (Å²) in [5.74, 6) is 1.49. The lowest BCUT2D eigenvalue weighted by Gasteiger charge is -2.31. The second-order valence-corrected chi connectivity index (χ2v) is 7.10. The zero-order chi connectivity index (χ0) is 12.1. The van der Waals surface area contributed by atoms with Crippen molar-refractivity contribution in [3.05, 3.63) is 47.3 Å². The maximum Gasteiger partial charge on any atom is 0.0313 e. The van der Waals surface area contributed by atoms with Crippen molar-refractivity contribution in [3.8, 4) is 0 Å². The lowest BCUT2D eigenvalue weighted by molar-refractivity contribution is 0.430. The second-order valence-electron chi connectivity index (χ2n) is 4.92. The van der Waals surface area contributed by atoms with Gasteiger partial charge in [-0.05, 0) is 29.1 Å². The summed E-state index contributed by atoms with van der Waals surface area (Å²) in [6, 6.07) is 0. The van der Waals surface area contributed by atoms with Crippen LogP contribution in [0.4, 0.5) is 0 Å². The SMILES string of the molecule is CC(C)CC(C1C=CC=CS1)C1C=CC=CS1. The van der Waals surface area contributed by atoms with E-state index in [-0.39, 0.29) is 0 Å². The first-order valence-corrected chi connectivity index (χ1v) is 8.13. The topological polar surface area (TPSA) is 0 Å². The van der Waals surface area contributed by atoms with Gasteiger partial charge in [0.15, 0.2) is 0 Å². The van der Waals surface area contributed by atoms with Crippen molar-refractivity contribution in [1.29, 1.82) is 0 Å². The molecule has 2 unspecified atom stereocenters. The predicted molar refractivity (Wildman–Crippen MR) is 82.3 cm³/mol. The molecule has 2 heteroatoms. The van der Waals surface area contributed by atoms with E-state index in [1.54, 1.807) is 0 Å². The third kappa shape index (κ3) is 3.82. The maximum atomic E-state index is 2.37. The molecule has 0 fully saturated rings. The van der Waals surface area contributed by atoms with Gasteiger partial charge in [0.05, 0.1) is 0 Å². The summed E-state index contributed by atoms with van der Waals surface area (Å²) in [4.78, 5) is 0. The predicted octanol–water partition coefficient (Wildman–Crippen LogP) is 5.02. The van der Waals surface area contributed by atoms with Crippen molar-refractivity contribution in [2.45, 2.75) is 30.8 Å². The quantitative estimate of drug-likeness (QED) is 0.699. The Hall–Kier alpha value is -0.340. The van der Waals surface area contributed by atoms with Gasteiger partial charge in [-0.2, -0.15) is 0 Å². The average molecular weight is 264 g/mol. The molecule has 0 aromatic carbocycles. The van der Waals surface area contributed by atoms with Crippen LogP contribution in [0.5, 0.6) is 0 Å². The van der Waals surface area contributed by atoms with Crippen LogP contribution in [0.15, 0.2) is 47.3 Å². The molecule has 0 amide bonds. The first-order valence-electron chi connectivity index (χ1n) is 6.25. The van der Waals surface area contributed by atoms with Gasteiger partial charge >= 0.3 is 0 Å². The Morgan fingerprint density at radius 3 is 1.76 bits per heavy atom. The fourth-order valence-corrected chi connectivity index (χ4v) is 4.44. The minimum absolute atomic E-state index is 0.635. The lowest BCUT2D eigenvalue weighted by Crippen LogP contribution is -2.27. The van der Waals surface area contributed by atoms with Crippen molar-refractivity contribution < 1.29 is 0 Å². The lowest BCUT2D eigenvalue weighted by atomic mass is 9.90. The van der Waals surface area contributed by atoms with E-state index in [2.05, 4.69) is 61.1 Å². The molecule has 0 saturated heterocycles. The van der Waals surface area contributed by atoms with Crippen molar-refractivity contribution in [2.24, 2.45) is 11.8 Å². The van der Waals surface area contributed by atoms with Gasteiger partial charge in [-0.1, -0.05) is 50.3 Å². The minimum atomic E-state index is 0.635. The van der Waals surface area contributed by atoms with Crippen molar-refractivity contribution in [3.63, 3.8) is 0 Å². The van der Waals surface area contributed by atoms with E-state index in [0.29, 0.717) is 10.5 Å². The molecule has 2 aliphatic rings. The molecule has 0 radical (unpaired) electrons. The zero-order valence-electron chi connectivity index (χ0n) is 10.5. The summed E-state index contributed by atoms with van der Waals surface area (Å²) in [7, 11) is 0. The summed E-state index contributed by atoms with van der Waals surface area (Å²) in [6.07, 6.45) is 14.7. The molecule has 2 atom stereocenters. The van der Waals surface area contributed by atoms with Gasteiger partial charge in [-0.3, -0.25) is 0 Å². The van der Waals surface area contributed by atoms with Crippen LogP contribution in [0, 0.1) is 11.8 Å². The monoisotopic (exact) mass is 264 g/mol. The van der Waals surface area contributed by atoms with E-state index in [9.17, 15) is 0 Å². The van der Waals surface area contributed by atoms with Crippen molar-refractivity contribution >= 4 is 23.5 Å². The Bertz CT molecular complexity index is 320. The number of rotatable bonds is 4. The normalized spacial score (nSPS) is 28.9. The zero-order valence-corrected chi connectivity index (χ0v) is 12.1. The van der Waals surface area contributed by atoms with E-state index in [0.717, 1.165) is 11.8 Å². The second kappa shape index (κ2) is 6.55. The largest absolute Gasteiger partial charge is 0.126 e. The summed E-state index contributed by atoms with van der Waals surface area (Å²) >= 11 is 3.94. The Balaban J connectivity index is 2.07. The van der Waals surface area contributed by atoms with Gasteiger partial charge in [0, 0.05) is 10.5 Å². The molecule has 0 aromatic heterocycles. The molecule has 0 nitrogen and oxygen atoms in total. The fraction of sp³-hybridized carbons (Fsp3) is 0.467. The molecule has 2 rings (SSSR count). The Morgan fingerprint density at radius 2 is 1.41 bits per heavy atom. The average Bonchev–Trinajstić information content (AvgIpc) is 2.38. The van der Waals surface area contributed by atoms with Crippen LogP contribution in [-0.2, 0) is 0 Å². The number of hydrogen-bond acceptors (Lipinski definition) is 2. The van der Waals surface area contributed by atoms with Crippen LogP contribution in [0.3, 0.4) is 0 Å². The first-order chi connectivity index (χ1) is 8.27. The molecule has 2 heterocycles. The summed E-state index contributed by atoms with van der Waals surface area (Å²) < 4.78 is 0. The van der Waals surface area contributed by atoms with E-state index < -0.39 is 0 Å². The van der Waals surface area contributed by atoms with Crippen LogP contribution >= 0.6 is 23.5 Å². The van der Waals surface area contributed by atoms with Crippen LogP contribution in [-0.4, -0.2) is 10.5 Å². The van der Waals surface area contributed by atoms with Crippen LogP contribution in [0.2, 0.25) is 0 Å². The van der Waals surface area contributed by atoms with Crippen molar-refractivity contribution in [1.82, 2.24) is 0 Å². The van der Waals surface area contributed by atoms with Crippen LogP contribution in [0.1, 0.15) is 20.3 Å². The standard InChI is InChI=1S/C15H20S2/c1-12(2)11-13(14-7-3-5-9-16-14)15-8-4-6-10-17-15/h3-10,12-15H,11H2,1-2H3. The number of hydrogen-bond donors (Lipinski definition) is 0. The van der Waals surface area contributed by atoms with Gasteiger partial charge in [0.1, 0.15) is 0 Å². The molecule has 0 N–H and O–H groups in total. The molecule has 0 saturated carbocycles. The van der Waals surface area contributed by atoms with E-state index in [1.165, 1.54) is 6.42 Å². The third-order valence-electron chi connectivity index (χ3n) is 3.04. The highest BCUT2D eigenvalue weighted by Gasteiger charge is 2.28. The fourth-order valence-electron chi connectivity index (χ4n) is 2.29. The van der Waals surface area contributed by atoms with E-state index in [4.69, 9.17) is 0 Å². The highest BCUT2D eigenvalue weighted by Crippen LogP contribution is 2.38.